The van der Waals surface area contributed by atoms with Gasteiger partial charge in [0.15, 0.2) is 0 Å². The van der Waals surface area contributed by atoms with E-state index in [1.807, 2.05) is 29.8 Å². The first-order chi connectivity index (χ1) is 13.1. The van der Waals surface area contributed by atoms with Crippen LogP contribution < -0.4 is 0 Å². The number of fused-ring (bicyclic) bond motifs is 3. The third kappa shape index (κ3) is 3.07. The van der Waals surface area contributed by atoms with E-state index in [0.29, 0.717) is 18.8 Å². The number of aromatic nitrogens is 1. The molecule has 1 amide bonds. The van der Waals surface area contributed by atoms with Crippen LogP contribution in [-0.2, 0) is 19.4 Å². The predicted octanol–water partition coefficient (Wildman–Crippen LogP) is 3.81. The van der Waals surface area contributed by atoms with E-state index in [1.54, 1.807) is 17.0 Å². The first-order valence-electron chi connectivity index (χ1n) is 9.15. The number of nitro benzene ring substituents is 1. The second-order valence-electron chi connectivity index (χ2n) is 7.00. The van der Waals surface area contributed by atoms with E-state index >= 15 is 0 Å². The quantitative estimate of drug-likeness (QED) is 0.523. The van der Waals surface area contributed by atoms with Gasteiger partial charge in [-0.1, -0.05) is 30.3 Å². The molecule has 0 fully saturated rings. The van der Waals surface area contributed by atoms with Crippen LogP contribution in [0.1, 0.15) is 28.0 Å². The molecule has 138 valence electrons. The standard InChI is InChI=1S/C21H21N3O3/c1-22-12-5-8-17-18-14-16(24(26)27)9-10-19(18)23(20(17)21(22)25)13-11-15-6-3-2-4-7-15/h2-4,6-7,9-10,14H,5,8,11-13H2,1H3. The lowest BCUT2D eigenvalue weighted by molar-refractivity contribution is -0.384. The summed E-state index contributed by atoms with van der Waals surface area (Å²) in [6.45, 7) is 1.36. The number of amides is 1. The Morgan fingerprint density at radius 2 is 1.93 bits per heavy atom. The van der Waals surface area contributed by atoms with Crippen molar-refractivity contribution >= 4 is 22.5 Å². The third-order valence-corrected chi connectivity index (χ3v) is 5.30. The molecule has 1 aromatic heterocycles. The Kier molecular flexibility index (Phi) is 4.39. The smallest absolute Gasteiger partial charge is 0.270 e. The molecule has 2 aromatic carbocycles. The van der Waals surface area contributed by atoms with Crippen molar-refractivity contribution < 1.29 is 9.72 Å². The lowest BCUT2D eigenvalue weighted by Gasteiger charge is -2.17. The molecule has 0 radical (unpaired) electrons. The highest BCUT2D eigenvalue weighted by atomic mass is 16.6. The highest BCUT2D eigenvalue weighted by Gasteiger charge is 2.28. The summed E-state index contributed by atoms with van der Waals surface area (Å²) in [7, 11) is 1.82. The van der Waals surface area contributed by atoms with Crippen LogP contribution in [0.15, 0.2) is 48.5 Å². The molecule has 0 saturated carbocycles. The number of non-ortho nitro benzene ring substituents is 1. The highest BCUT2D eigenvalue weighted by Crippen LogP contribution is 2.33. The van der Waals surface area contributed by atoms with Crippen molar-refractivity contribution in [1.29, 1.82) is 0 Å². The Morgan fingerprint density at radius 3 is 2.67 bits per heavy atom. The van der Waals surface area contributed by atoms with Crippen LogP contribution in [0.2, 0.25) is 0 Å². The zero-order valence-electron chi connectivity index (χ0n) is 15.2. The predicted molar refractivity (Wildman–Crippen MR) is 104 cm³/mol. The fourth-order valence-electron chi connectivity index (χ4n) is 3.92. The summed E-state index contributed by atoms with van der Waals surface area (Å²) < 4.78 is 2.05. The Hall–Kier alpha value is -3.15. The monoisotopic (exact) mass is 363 g/mol. The van der Waals surface area contributed by atoms with Crippen molar-refractivity contribution in [2.75, 3.05) is 13.6 Å². The van der Waals surface area contributed by atoms with Gasteiger partial charge >= 0.3 is 0 Å². The van der Waals surface area contributed by atoms with Gasteiger partial charge in [-0.3, -0.25) is 14.9 Å². The molecule has 0 unspecified atom stereocenters. The summed E-state index contributed by atoms with van der Waals surface area (Å²) in [5.41, 5.74) is 3.78. The number of hydrogen-bond donors (Lipinski definition) is 0. The molecule has 1 aliphatic heterocycles. The number of benzene rings is 2. The highest BCUT2D eigenvalue weighted by molar-refractivity contribution is 6.02. The van der Waals surface area contributed by atoms with Gasteiger partial charge in [0.25, 0.3) is 11.6 Å². The maximum Gasteiger partial charge on any atom is 0.270 e. The maximum atomic E-state index is 13.0. The Balaban J connectivity index is 1.86. The molecule has 3 aromatic rings. The number of hydrogen-bond acceptors (Lipinski definition) is 3. The van der Waals surface area contributed by atoms with Crippen LogP contribution in [0.25, 0.3) is 10.9 Å². The molecule has 0 atom stereocenters. The minimum absolute atomic E-state index is 0.00517. The topological polar surface area (TPSA) is 68.4 Å². The van der Waals surface area contributed by atoms with E-state index in [-0.39, 0.29) is 16.5 Å². The zero-order valence-corrected chi connectivity index (χ0v) is 15.2. The maximum absolute atomic E-state index is 13.0. The number of aryl methyl sites for hydroxylation is 3. The van der Waals surface area contributed by atoms with Gasteiger partial charge in [-0.15, -0.1) is 0 Å². The molecule has 0 saturated heterocycles. The first-order valence-corrected chi connectivity index (χ1v) is 9.15. The van der Waals surface area contributed by atoms with E-state index in [1.165, 1.54) is 11.6 Å². The van der Waals surface area contributed by atoms with Gasteiger partial charge < -0.3 is 9.47 Å². The van der Waals surface area contributed by atoms with Gasteiger partial charge in [-0.25, -0.2) is 0 Å². The Labute approximate surface area is 157 Å². The van der Waals surface area contributed by atoms with Gasteiger partial charge in [0.05, 0.1) is 4.92 Å². The lowest BCUT2D eigenvalue weighted by atomic mass is 10.1. The Morgan fingerprint density at radius 1 is 1.15 bits per heavy atom. The largest absolute Gasteiger partial charge is 0.340 e. The van der Waals surface area contributed by atoms with Crippen molar-refractivity contribution in [3.63, 3.8) is 0 Å². The molecule has 0 aliphatic carbocycles. The molecular weight excluding hydrogens is 342 g/mol. The van der Waals surface area contributed by atoms with Gasteiger partial charge in [0.2, 0.25) is 0 Å². The summed E-state index contributed by atoms with van der Waals surface area (Å²) in [5.74, 6) is -0.00517. The van der Waals surface area contributed by atoms with E-state index in [9.17, 15) is 14.9 Å². The molecule has 6 nitrogen and oxygen atoms in total. The number of nitrogens with zero attached hydrogens (tertiary/aromatic N) is 3. The molecule has 4 rings (SSSR count). The SMILES string of the molecule is CN1CCCc2c(n(CCc3ccccc3)c3ccc([N+](=O)[O-])cc23)C1=O. The van der Waals surface area contributed by atoms with Gasteiger partial charge in [0.1, 0.15) is 5.69 Å². The summed E-state index contributed by atoms with van der Waals surface area (Å²) in [4.78, 5) is 25.6. The van der Waals surface area contributed by atoms with Crippen LogP contribution in [0.5, 0.6) is 0 Å². The number of carbonyl (C=O) groups excluding carboxylic acids is 1. The van der Waals surface area contributed by atoms with E-state index < -0.39 is 0 Å². The second-order valence-corrected chi connectivity index (χ2v) is 7.00. The summed E-state index contributed by atoms with van der Waals surface area (Å²) in [5, 5.41) is 12.1. The van der Waals surface area contributed by atoms with E-state index in [2.05, 4.69) is 12.1 Å². The van der Waals surface area contributed by atoms with E-state index in [4.69, 9.17) is 0 Å². The van der Waals surface area contributed by atoms with Crippen molar-refractivity contribution in [2.45, 2.75) is 25.8 Å². The molecule has 27 heavy (non-hydrogen) atoms. The van der Waals surface area contributed by atoms with Crippen molar-refractivity contribution in [3.05, 3.63) is 75.5 Å². The van der Waals surface area contributed by atoms with Crippen LogP contribution in [-0.4, -0.2) is 33.9 Å². The van der Waals surface area contributed by atoms with Crippen molar-refractivity contribution in [2.24, 2.45) is 0 Å². The summed E-state index contributed by atoms with van der Waals surface area (Å²) >= 11 is 0. The zero-order chi connectivity index (χ0) is 19.0. The minimum Gasteiger partial charge on any atom is -0.340 e. The van der Waals surface area contributed by atoms with Crippen LogP contribution in [0.3, 0.4) is 0 Å². The molecule has 0 bridgehead atoms. The second kappa shape index (κ2) is 6.87. The van der Waals surface area contributed by atoms with Gasteiger partial charge in [-0.05, 0) is 36.5 Å². The fraction of sp³-hybridized carbons (Fsp3) is 0.286. The van der Waals surface area contributed by atoms with Crippen molar-refractivity contribution in [1.82, 2.24) is 9.47 Å². The summed E-state index contributed by atoms with van der Waals surface area (Å²) in [6.07, 6.45) is 2.40. The molecule has 6 heteroatoms. The number of rotatable bonds is 4. The van der Waals surface area contributed by atoms with Crippen LogP contribution in [0, 0.1) is 10.1 Å². The van der Waals surface area contributed by atoms with Crippen LogP contribution >= 0.6 is 0 Å². The third-order valence-electron chi connectivity index (χ3n) is 5.30. The number of carbonyl (C=O) groups is 1. The average Bonchev–Trinajstić information content (AvgIpc) is 2.90. The number of nitro groups is 1. The van der Waals surface area contributed by atoms with Crippen LogP contribution in [0.4, 0.5) is 5.69 Å². The molecular formula is C21H21N3O3. The molecule has 1 aliphatic rings. The van der Waals surface area contributed by atoms with Gasteiger partial charge in [0, 0.05) is 43.2 Å². The Bertz CT molecular complexity index is 1020. The minimum atomic E-state index is -0.377. The lowest BCUT2D eigenvalue weighted by Crippen LogP contribution is -2.28. The first kappa shape index (κ1) is 17.3. The fourth-order valence-corrected chi connectivity index (χ4v) is 3.92. The molecule has 0 spiro atoms. The van der Waals surface area contributed by atoms with E-state index in [0.717, 1.165) is 35.7 Å². The van der Waals surface area contributed by atoms with Crippen molar-refractivity contribution in [3.8, 4) is 0 Å². The molecule has 0 N–H and O–H groups in total. The normalized spacial score (nSPS) is 14.3. The van der Waals surface area contributed by atoms with Gasteiger partial charge in [-0.2, -0.15) is 0 Å². The molecule has 2 heterocycles. The average molecular weight is 363 g/mol. The summed E-state index contributed by atoms with van der Waals surface area (Å²) in [6, 6.07) is 15.1.